The molecule has 0 bridgehead atoms. The van der Waals surface area contributed by atoms with E-state index in [-0.39, 0.29) is 27.6 Å². The molecule has 0 unspecified atom stereocenters. The molecule has 0 aromatic rings. The van der Waals surface area contributed by atoms with E-state index in [1.165, 1.54) is 5.57 Å². The summed E-state index contributed by atoms with van der Waals surface area (Å²) in [6, 6.07) is 0. The van der Waals surface area contributed by atoms with Crippen LogP contribution in [-0.4, -0.2) is 11.2 Å². The summed E-state index contributed by atoms with van der Waals surface area (Å²) in [5.74, 6) is 0.998. The Morgan fingerprint density at radius 1 is 0.903 bits per heavy atom. The summed E-state index contributed by atoms with van der Waals surface area (Å²) in [4.78, 5) is 0. The van der Waals surface area contributed by atoms with E-state index in [2.05, 4.69) is 54.5 Å². The molecule has 0 saturated heterocycles. The first-order valence-corrected chi connectivity index (χ1v) is 13.2. The molecule has 1 nitrogen and oxygen atoms in total. The van der Waals surface area contributed by atoms with Crippen LogP contribution < -0.4 is 0 Å². The maximum absolute atomic E-state index is 11.0. The van der Waals surface area contributed by atoms with Crippen molar-refractivity contribution in [1.82, 2.24) is 0 Å². The molecular weight excluding hydrogens is 376 g/mol. The van der Waals surface area contributed by atoms with Gasteiger partial charge in [-0.25, -0.2) is 0 Å². The van der Waals surface area contributed by atoms with Crippen molar-refractivity contribution in [2.24, 2.45) is 50.2 Å². The average molecular weight is 431 g/mol. The number of allylic oxidation sites excluding steroid dienone is 2. The van der Waals surface area contributed by atoms with E-state index in [0.717, 1.165) is 57.8 Å². The molecule has 0 heterocycles. The zero-order valence-corrected chi connectivity index (χ0v) is 21.3. The van der Waals surface area contributed by atoms with Crippen molar-refractivity contribution in [2.45, 2.75) is 126 Å². The molecule has 5 aliphatic carbocycles. The highest BCUT2D eigenvalue weighted by Crippen LogP contribution is 2.75. The van der Waals surface area contributed by atoms with E-state index in [1.54, 1.807) is 0 Å². The smallest absolute Gasteiger partial charge is 0.0606 e. The molecule has 5 rings (SSSR count). The summed E-state index contributed by atoms with van der Waals surface area (Å²) in [6.07, 6.45) is 10.4. The first-order valence-electron chi connectivity index (χ1n) is 15.2. The van der Waals surface area contributed by atoms with Gasteiger partial charge in [-0.15, -0.1) is 0 Å². The fourth-order valence-electron chi connectivity index (χ4n) is 10.1. The molecule has 4 saturated carbocycles. The number of hydrogen-bond acceptors (Lipinski definition) is 1. The second kappa shape index (κ2) is 6.43. The zero-order valence-electron chi connectivity index (χ0n) is 25.3. The van der Waals surface area contributed by atoms with Gasteiger partial charge in [-0.1, -0.05) is 67.0 Å². The molecule has 0 aromatic heterocycles. The van der Waals surface area contributed by atoms with Crippen molar-refractivity contribution >= 4 is 0 Å². The van der Waals surface area contributed by atoms with Crippen molar-refractivity contribution in [2.75, 3.05) is 0 Å². The Kier molecular flexibility index (Phi) is 3.75. The van der Waals surface area contributed by atoms with Gasteiger partial charge >= 0.3 is 0 Å². The predicted molar refractivity (Wildman–Crippen MR) is 131 cm³/mol. The monoisotopic (exact) mass is 430 g/mol. The SMILES string of the molecule is [2H]C([2H])([2H])[C@]12CCC(C)(C)C[C@H]1C1=CC[C@@H]3[C@@]4(C)CC[C@]([2H])(O)C(C)(C)[C@@H]4CC[C@@]3(C)[C@]1(C)CC2. The molecule has 4 fully saturated rings. The maximum atomic E-state index is 11.0. The second-order valence-electron chi connectivity index (χ2n) is 14.5. The van der Waals surface area contributed by atoms with Crippen molar-refractivity contribution in [3.63, 3.8) is 0 Å². The number of hydrogen-bond donors (Lipinski definition) is 1. The van der Waals surface area contributed by atoms with Crippen LogP contribution in [0.5, 0.6) is 0 Å². The van der Waals surface area contributed by atoms with Gasteiger partial charge in [-0.3, -0.25) is 0 Å². The molecule has 0 aromatic carbocycles. The molecule has 0 spiro atoms. The maximum Gasteiger partial charge on any atom is 0.0606 e. The van der Waals surface area contributed by atoms with Gasteiger partial charge in [0.2, 0.25) is 0 Å². The van der Waals surface area contributed by atoms with Crippen LogP contribution in [0.4, 0.5) is 0 Å². The summed E-state index contributed by atoms with van der Waals surface area (Å²) in [5.41, 5.74) is 0.925. The van der Waals surface area contributed by atoms with Crippen LogP contribution in [0.2, 0.25) is 0 Å². The van der Waals surface area contributed by atoms with Crippen molar-refractivity contribution < 1.29 is 10.6 Å². The van der Waals surface area contributed by atoms with E-state index < -0.39 is 23.8 Å². The van der Waals surface area contributed by atoms with Crippen LogP contribution in [0.3, 0.4) is 0 Å². The highest BCUT2D eigenvalue weighted by atomic mass is 16.3. The lowest BCUT2D eigenvalue weighted by molar-refractivity contribution is -0.202. The summed E-state index contributed by atoms with van der Waals surface area (Å²) in [7, 11) is 0. The van der Waals surface area contributed by atoms with Gasteiger partial charge in [0, 0.05) is 4.11 Å². The average Bonchev–Trinajstić information content (AvgIpc) is 2.70. The van der Waals surface area contributed by atoms with E-state index in [1.807, 2.05) is 0 Å². The molecule has 1 N–H and O–H groups in total. The Morgan fingerprint density at radius 2 is 1.61 bits per heavy atom. The Hall–Kier alpha value is -0.300. The van der Waals surface area contributed by atoms with Crippen LogP contribution in [-0.2, 0) is 0 Å². The molecule has 31 heavy (non-hydrogen) atoms. The summed E-state index contributed by atoms with van der Waals surface area (Å²) in [6.45, 7) is 14.5. The third-order valence-corrected chi connectivity index (χ3v) is 12.4. The van der Waals surface area contributed by atoms with Crippen molar-refractivity contribution in [1.29, 1.82) is 0 Å². The van der Waals surface area contributed by atoms with Gasteiger partial charge in [-0.05, 0) is 114 Å². The molecule has 5 aliphatic rings. The zero-order chi connectivity index (χ0) is 26.1. The summed E-state index contributed by atoms with van der Waals surface area (Å²) >= 11 is 0. The molecule has 8 atom stereocenters. The van der Waals surface area contributed by atoms with Gasteiger partial charge in [0.25, 0.3) is 0 Å². The molecule has 0 amide bonds. The molecular formula is C30H50O. The van der Waals surface area contributed by atoms with Gasteiger partial charge in [-0.2, -0.15) is 0 Å². The van der Waals surface area contributed by atoms with Gasteiger partial charge < -0.3 is 5.11 Å². The first kappa shape index (κ1) is 18.1. The van der Waals surface area contributed by atoms with Crippen molar-refractivity contribution in [3.05, 3.63) is 11.6 Å². The highest BCUT2D eigenvalue weighted by molar-refractivity contribution is 5.33. The summed E-state index contributed by atoms with van der Waals surface area (Å²) in [5, 5.41) is 11.0. The first-order chi connectivity index (χ1) is 15.8. The summed E-state index contributed by atoms with van der Waals surface area (Å²) < 4.78 is 34.7. The van der Waals surface area contributed by atoms with Crippen molar-refractivity contribution in [3.8, 4) is 0 Å². The van der Waals surface area contributed by atoms with E-state index >= 15 is 0 Å². The fraction of sp³-hybridized carbons (Fsp3) is 0.933. The second-order valence-corrected chi connectivity index (χ2v) is 14.5. The van der Waals surface area contributed by atoms with Gasteiger partial charge in [0.1, 0.15) is 0 Å². The van der Waals surface area contributed by atoms with Crippen LogP contribution >= 0.6 is 0 Å². The minimum atomic E-state index is -1.91. The fourth-order valence-corrected chi connectivity index (χ4v) is 10.1. The normalized spacial score (nSPS) is 59.9. The molecule has 0 aliphatic heterocycles. The van der Waals surface area contributed by atoms with Gasteiger partial charge in [0.05, 0.1) is 7.45 Å². The predicted octanol–water partition coefficient (Wildman–Crippen LogP) is 8.17. The quantitative estimate of drug-likeness (QED) is 0.384. The third-order valence-electron chi connectivity index (χ3n) is 12.4. The van der Waals surface area contributed by atoms with E-state index in [9.17, 15) is 5.11 Å². The van der Waals surface area contributed by atoms with Crippen LogP contribution in [0.15, 0.2) is 11.6 Å². The van der Waals surface area contributed by atoms with Crippen LogP contribution in [0, 0.1) is 50.2 Å². The highest BCUT2D eigenvalue weighted by Gasteiger charge is 2.67. The lowest BCUT2D eigenvalue weighted by atomic mass is 9.33. The van der Waals surface area contributed by atoms with Crippen LogP contribution in [0.25, 0.3) is 0 Å². The minimum absolute atomic E-state index is 0.0234. The van der Waals surface area contributed by atoms with E-state index in [0.29, 0.717) is 18.3 Å². The number of rotatable bonds is 0. The number of aliphatic hydroxyl groups is 1. The largest absolute Gasteiger partial charge is 0.393 e. The topological polar surface area (TPSA) is 20.2 Å². The number of fused-ring (bicyclic) bond motifs is 7. The molecule has 176 valence electrons. The molecule has 1 heteroatoms. The lowest BCUT2D eigenvalue weighted by Gasteiger charge is -2.71. The third kappa shape index (κ3) is 2.77. The Morgan fingerprint density at radius 3 is 2.32 bits per heavy atom. The Bertz CT molecular complexity index is 931. The minimum Gasteiger partial charge on any atom is -0.393 e. The van der Waals surface area contributed by atoms with E-state index in [4.69, 9.17) is 5.48 Å². The Balaban J connectivity index is 1.61. The molecule has 0 radical (unpaired) electrons. The Labute approximate surface area is 198 Å². The standard InChI is InChI=1S/C30H50O/c1-25(2)15-16-27(5)17-18-29(7)20(21(27)19-25)9-10-23-28(6)13-12-24(31)26(3,4)22(28)11-14-30(23,29)8/h9,21-24,31H,10-19H2,1-8H3/t21-,22-,23+,24-,27+,28-,29+,30+/m0/s1/i5D3,24D. The van der Waals surface area contributed by atoms with Crippen LogP contribution in [0.1, 0.15) is 125 Å². The van der Waals surface area contributed by atoms with Gasteiger partial charge in [0.15, 0.2) is 0 Å². The lowest BCUT2D eigenvalue weighted by Crippen LogP contribution is -2.64.